The molecule has 21 heavy (non-hydrogen) atoms. The first kappa shape index (κ1) is 15.5. The van der Waals surface area contributed by atoms with Crippen LogP contribution in [0.25, 0.3) is 10.7 Å². The summed E-state index contributed by atoms with van der Waals surface area (Å²) in [5, 5.41) is 11.1. The van der Waals surface area contributed by atoms with Crippen LogP contribution in [0, 0.1) is 0 Å². The van der Waals surface area contributed by atoms with Crippen LogP contribution < -0.4 is 10.0 Å². The minimum Gasteiger partial charge on any atom is -0.299 e. The van der Waals surface area contributed by atoms with Gasteiger partial charge in [0.25, 0.3) is 0 Å². The number of hydrogen-bond acceptors (Lipinski definition) is 7. The topological polar surface area (TPSA) is 114 Å². The standard InChI is InChI=1S/C11H13N5O3S2/c1-7(16-21(2,18)19)9(17)13-11-15-14-10(20-11)8-5-3-4-6-12-8/h3-7,16H,1-2H3,(H,13,15,17). The van der Waals surface area contributed by atoms with Crippen molar-refractivity contribution in [1.82, 2.24) is 19.9 Å². The van der Waals surface area contributed by atoms with E-state index in [1.807, 2.05) is 6.07 Å². The molecule has 1 atom stereocenters. The number of amides is 1. The molecule has 2 aromatic rings. The SMILES string of the molecule is CC(NS(C)(=O)=O)C(=O)Nc1nnc(-c2ccccn2)s1. The van der Waals surface area contributed by atoms with Crippen molar-refractivity contribution >= 4 is 32.4 Å². The lowest BCUT2D eigenvalue weighted by molar-refractivity contribution is -0.117. The van der Waals surface area contributed by atoms with Crippen LogP contribution >= 0.6 is 11.3 Å². The molecule has 2 aromatic heterocycles. The Morgan fingerprint density at radius 2 is 2.10 bits per heavy atom. The number of hydrogen-bond donors (Lipinski definition) is 2. The fourth-order valence-electron chi connectivity index (χ4n) is 1.45. The third-order valence-corrected chi connectivity index (χ3v) is 3.97. The molecule has 2 heterocycles. The Hall–Kier alpha value is -1.91. The first-order valence-electron chi connectivity index (χ1n) is 5.88. The Morgan fingerprint density at radius 1 is 1.33 bits per heavy atom. The molecule has 2 rings (SSSR count). The van der Waals surface area contributed by atoms with Gasteiger partial charge in [-0.05, 0) is 19.1 Å². The molecule has 112 valence electrons. The van der Waals surface area contributed by atoms with Crippen molar-refractivity contribution in [2.75, 3.05) is 11.6 Å². The van der Waals surface area contributed by atoms with Crippen LogP contribution in [-0.2, 0) is 14.8 Å². The third kappa shape index (κ3) is 4.55. The number of pyridine rings is 1. The number of aromatic nitrogens is 3. The molecule has 0 bridgehead atoms. The fourth-order valence-corrected chi connectivity index (χ4v) is 2.93. The number of carbonyl (C=O) groups excluding carboxylic acids is 1. The average molecular weight is 327 g/mol. The van der Waals surface area contributed by atoms with Crippen LogP contribution in [-0.4, -0.2) is 41.8 Å². The lowest BCUT2D eigenvalue weighted by Crippen LogP contribution is -2.40. The van der Waals surface area contributed by atoms with Gasteiger partial charge in [-0.3, -0.25) is 15.1 Å². The Bertz CT molecular complexity index is 729. The van der Waals surface area contributed by atoms with Gasteiger partial charge in [-0.25, -0.2) is 13.1 Å². The van der Waals surface area contributed by atoms with E-state index < -0.39 is 22.0 Å². The van der Waals surface area contributed by atoms with E-state index in [9.17, 15) is 13.2 Å². The number of carbonyl (C=O) groups is 1. The molecule has 0 aliphatic heterocycles. The van der Waals surface area contributed by atoms with Crippen LogP contribution in [0.15, 0.2) is 24.4 Å². The quantitative estimate of drug-likeness (QED) is 0.825. The van der Waals surface area contributed by atoms with Crippen molar-refractivity contribution < 1.29 is 13.2 Å². The van der Waals surface area contributed by atoms with Gasteiger partial charge in [0.15, 0.2) is 5.01 Å². The van der Waals surface area contributed by atoms with E-state index in [0.29, 0.717) is 10.7 Å². The highest BCUT2D eigenvalue weighted by Gasteiger charge is 2.18. The molecule has 2 N–H and O–H groups in total. The third-order valence-electron chi connectivity index (χ3n) is 2.32. The van der Waals surface area contributed by atoms with Gasteiger partial charge in [0.1, 0.15) is 5.69 Å². The molecule has 0 spiro atoms. The van der Waals surface area contributed by atoms with Gasteiger partial charge >= 0.3 is 0 Å². The van der Waals surface area contributed by atoms with Gasteiger partial charge in [0, 0.05) is 6.20 Å². The van der Waals surface area contributed by atoms with Gasteiger partial charge in [-0.2, -0.15) is 0 Å². The number of sulfonamides is 1. The summed E-state index contributed by atoms with van der Waals surface area (Å²) in [5.74, 6) is -0.510. The van der Waals surface area contributed by atoms with Gasteiger partial charge in [0.2, 0.25) is 21.1 Å². The summed E-state index contributed by atoms with van der Waals surface area (Å²) in [6.07, 6.45) is 2.62. The molecular weight excluding hydrogens is 314 g/mol. The highest BCUT2D eigenvalue weighted by molar-refractivity contribution is 7.88. The average Bonchev–Trinajstić information content (AvgIpc) is 2.86. The van der Waals surface area contributed by atoms with Crippen LogP contribution in [0.1, 0.15) is 6.92 Å². The molecule has 10 heteroatoms. The molecule has 0 aromatic carbocycles. The van der Waals surface area contributed by atoms with Crippen molar-refractivity contribution in [3.05, 3.63) is 24.4 Å². The molecule has 0 fully saturated rings. The Morgan fingerprint density at radius 3 is 2.71 bits per heavy atom. The van der Waals surface area contributed by atoms with Gasteiger partial charge < -0.3 is 0 Å². The maximum absolute atomic E-state index is 11.8. The van der Waals surface area contributed by atoms with Crippen molar-refractivity contribution in [2.24, 2.45) is 0 Å². The molecule has 1 amide bonds. The van der Waals surface area contributed by atoms with Crippen LogP contribution in [0.3, 0.4) is 0 Å². The fraction of sp³-hybridized carbons (Fsp3) is 0.273. The predicted octanol–water partition coefficient (Wildman–Crippen LogP) is 0.476. The van der Waals surface area contributed by atoms with Crippen LogP contribution in [0.4, 0.5) is 5.13 Å². The molecule has 0 saturated heterocycles. The first-order valence-corrected chi connectivity index (χ1v) is 8.59. The largest absolute Gasteiger partial charge is 0.299 e. The highest BCUT2D eigenvalue weighted by Crippen LogP contribution is 2.24. The summed E-state index contributed by atoms with van der Waals surface area (Å²) >= 11 is 1.16. The van der Waals surface area contributed by atoms with Crippen LogP contribution in [0.5, 0.6) is 0 Å². The highest BCUT2D eigenvalue weighted by atomic mass is 32.2. The summed E-state index contributed by atoms with van der Waals surface area (Å²) in [7, 11) is -3.45. The van der Waals surface area contributed by atoms with Gasteiger partial charge in [-0.1, -0.05) is 17.4 Å². The Balaban J connectivity index is 2.04. The van der Waals surface area contributed by atoms with E-state index in [1.165, 1.54) is 6.92 Å². The molecule has 0 aliphatic carbocycles. The number of nitrogens with zero attached hydrogens (tertiary/aromatic N) is 3. The second-order valence-electron chi connectivity index (χ2n) is 4.23. The van der Waals surface area contributed by atoms with Gasteiger partial charge in [0.05, 0.1) is 12.3 Å². The zero-order valence-corrected chi connectivity index (χ0v) is 12.9. The molecule has 0 aliphatic rings. The number of anilines is 1. The predicted molar refractivity (Wildman–Crippen MR) is 79.2 cm³/mol. The van der Waals surface area contributed by atoms with E-state index in [-0.39, 0.29) is 5.13 Å². The first-order chi connectivity index (χ1) is 9.85. The van der Waals surface area contributed by atoms with Crippen LogP contribution in [0.2, 0.25) is 0 Å². The van der Waals surface area contributed by atoms with Crippen molar-refractivity contribution in [2.45, 2.75) is 13.0 Å². The van der Waals surface area contributed by atoms with Crippen molar-refractivity contribution in [1.29, 1.82) is 0 Å². The summed E-state index contributed by atoms with van der Waals surface area (Å²) in [6.45, 7) is 1.44. The van der Waals surface area contributed by atoms with Crippen molar-refractivity contribution in [3.63, 3.8) is 0 Å². The minimum absolute atomic E-state index is 0.280. The monoisotopic (exact) mass is 327 g/mol. The second-order valence-corrected chi connectivity index (χ2v) is 6.99. The van der Waals surface area contributed by atoms with E-state index in [1.54, 1.807) is 18.3 Å². The Labute approximate surface area is 125 Å². The molecule has 0 saturated carbocycles. The molecule has 1 unspecified atom stereocenters. The zero-order chi connectivity index (χ0) is 15.5. The number of nitrogens with one attached hydrogen (secondary N) is 2. The minimum atomic E-state index is -3.45. The normalized spacial score (nSPS) is 12.9. The number of rotatable bonds is 5. The molecular formula is C11H13N5O3S2. The molecule has 0 radical (unpaired) electrons. The van der Waals surface area contributed by atoms with E-state index in [0.717, 1.165) is 17.6 Å². The van der Waals surface area contributed by atoms with E-state index in [2.05, 4.69) is 25.2 Å². The summed E-state index contributed by atoms with van der Waals surface area (Å²) in [5.41, 5.74) is 0.651. The summed E-state index contributed by atoms with van der Waals surface area (Å²) < 4.78 is 24.3. The summed E-state index contributed by atoms with van der Waals surface area (Å²) in [4.78, 5) is 15.9. The lowest BCUT2D eigenvalue weighted by Gasteiger charge is -2.10. The van der Waals surface area contributed by atoms with E-state index in [4.69, 9.17) is 0 Å². The maximum Gasteiger partial charge on any atom is 0.244 e. The molecule has 8 nitrogen and oxygen atoms in total. The Kier molecular flexibility index (Phi) is 4.60. The lowest BCUT2D eigenvalue weighted by atomic mass is 10.3. The smallest absolute Gasteiger partial charge is 0.244 e. The van der Waals surface area contributed by atoms with Crippen molar-refractivity contribution in [3.8, 4) is 10.7 Å². The van der Waals surface area contributed by atoms with Gasteiger partial charge in [-0.15, -0.1) is 10.2 Å². The summed E-state index contributed by atoms with van der Waals surface area (Å²) in [6, 6.07) is 4.48. The zero-order valence-electron chi connectivity index (χ0n) is 11.3. The van der Waals surface area contributed by atoms with E-state index >= 15 is 0 Å². The maximum atomic E-state index is 11.8. The second kappa shape index (κ2) is 6.24.